The maximum absolute atomic E-state index is 4.95. The van der Waals surface area contributed by atoms with Gasteiger partial charge in [0.15, 0.2) is 10.3 Å². The van der Waals surface area contributed by atoms with Crippen LogP contribution in [0.5, 0.6) is 0 Å². The second-order valence-electron chi connectivity index (χ2n) is 3.57. The number of nitrogens with one attached hydrogen (secondary N) is 2. The fourth-order valence-electron chi connectivity index (χ4n) is 1.40. The maximum atomic E-state index is 4.95. The Labute approximate surface area is 121 Å². The molecule has 2 rings (SSSR count). The third kappa shape index (κ3) is 4.27. The van der Waals surface area contributed by atoms with Crippen LogP contribution in [0.25, 0.3) is 0 Å². The van der Waals surface area contributed by atoms with Gasteiger partial charge in [-0.2, -0.15) is 15.0 Å². The monoisotopic (exact) mass is 295 g/mol. The van der Waals surface area contributed by atoms with Gasteiger partial charge in [-0.3, -0.25) is 0 Å². The van der Waals surface area contributed by atoms with Gasteiger partial charge in [-0.1, -0.05) is 6.07 Å². The molecule has 8 heteroatoms. The minimum atomic E-state index is 0.316. The fraction of sp³-hybridized carbons (Fsp3) is 0.182. The number of hydrogen-bond acceptors (Lipinski definition) is 8. The Morgan fingerprint density at radius 3 is 2.47 bits per heavy atom. The summed E-state index contributed by atoms with van der Waals surface area (Å²) in [4.78, 5) is 12.0. The van der Waals surface area contributed by atoms with Crippen LogP contribution in [0.15, 0.2) is 34.6 Å². The van der Waals surface area contributed by atoms with E-state index in [2.05, 4.69) is 50.8 Å². The van der Waals surface area contributed by atoms with Gasteiger partial charge in [-0.15, -0.1) is 25.3 Å². The highest BCUT2D eigenvalue weighted by atomic mass is 32.1. The molecule has 0 aliphatic carbocycles. The van der Waals surface area contributed by atoms with E-state index < -0.39 is 0 Å². The molecule has 1 heterocycles. The number of benzene rings is 1. The van der Waals surface area contributed by atoms with Crippen LogP contribution in [0.2, 0.25) is 0 Å². The zero-order chi connectivity index (χ0) is 13.7. The molecule has 0 amide bonds. The first-order valence-corrected chi connectivity index (χ1v) is 6.31. The lowest BCUT2D eigenvalue weighted by molar-refractivity contribution is 0.221. The Morgan fingerprint density at radius 1 is 1.11 bits per heavy atom. The Morgan fingerprint density at radius 2 is 1.79 bits per heavy atom. The van der Waals surface area contributed by atoms with Crippen molar-refractivity contribution in [3.63, 3.8) is 0 Å². The van der Waals surface area contributed by atoms with Crippen LogP contribution < -0.4 is 10.6 Å². The quantitative estimate of drug-likeness (QED) is 0.501. The van der Waals surface area contributed by atoms with E-state index in [1.54, 1.807) is 7.11 Å². The molecule has 6 nitrogen and oxygen atoms in total. The molecule has 1 aromatic heterocycles. The van der Waals surface area contributed by atoms with Crippen molar-refractivity contribution < 1.29 is 4.74 Å². The van der Waals surface area contributed by atoms with Gasteiger partial charge in [0, 0.05) is 18.5 Å². The Bertz CT molecular complexity index is 546. The summed E-state index contributed by atoms with van der Waals surface area (Å²) >= 11 is 8.15. The van der Waals surface area contributed by atoms with Crippen molar-refractivity contribution in [3.8, 4) is 0 Å². The third-order valence-electron chi connectivity index (χ3n) is 2.15. The summed E-state index contributed by atoms with van der Waals surface area (Å²) in [5.74, 6) is 0.397. The van der Waals surface area contributed by atoms with E-state index in [1.807, 2.05) is 24.3 Å². The Kier molecular flexibility index (Phi) is 4.83. The second-order valence-corrected chi connectivity index (χ2v) is 4.37. The van der Waals surface area contributed by atoms with Gasteiger partial charge in [0.25, 0.3) is 0 Å². The lowest BCUT2D eigenvalue weighted by Gasteiger charge is -2.09. The third-order valence-corrected chi connectivity index (χ3v) is 2.55. The van der Waals surface area contributed by atoms with Gasteiger partial charge in [-0.05, 0) is 18.2 Å². The summed E-state index contributed by atoms with van der Waals surface area (Å²) in [5.41, 5.74) is 1.77. The first kappa shape index (κ1) is 13.9. The predicted octanol–water partition coefficient (Wildman–Crippen LogP) is 2.21. The second kappa shape index (κ2) is 6.60. The number of aromatic nitrogens is 3. The van der Waals surface area contributed by atoms with Crippen LogP contribution in [-0.2, 0) is 4.74 Å². The van der Waals surface area contributed by atoms with Crippen LogP contribution >= 0.6 is 25.3 Å². The van der Waals surface area contributed by atoms with Crippen molar-refractivity contribution in [2.24, 2.45) is 0 Å². The molecule has 0 unspecified atom stereocenters. The summed E-state index contributed by atoms with van der Waals surface area (Å²) < 4.78 is 4.95. The number of methoxy groups -OCH3 is 1. The average molecular weight is 295 g/mol. The number of ether oxygens (including phenoxy) is 1. The molecule has 2 N–H and O–H groups in total. The highest BCUT2D eigenvalue weighted by molar-refractivity contribution is 7.80. The number of rotatable bonds is 5. The van der Waals surface area contributed by atoms with Gasteiger partial charge in [0.05, 0.1) is 0 Å². The van der Waals surface area contributed by atoms with Crippen molar-refractivity contribution >= 4 is 42.6 Å². The standard InChI is InChI=1S/C11H13N5OS2/c1-17-6-12-7-3-2-4-8(5-7)13-9-14-10(18)16-11(19)15-9/h2-5,12H,6H2,1H3,(H3,13,14,15,16,18,19). The van der Waals surface area contributed by atoms with Crippen LogP contribution in [0, 0.1) is 0 Å². The van der Waals surface area contributed by atoms with Crippen molar-refractivity contribution in [1.82, 2.24) is 15.0 Å². The maximum Gasteiger partial charge on any atom is 0.232 e. The molecule has 0 aliphatic rings. The van der Waals surface area contributed by atoms with Gasteiger partial charge in [0.2, 0.25) is 5.95 Å². The molecule has 0 spiro atoms. The summed E-state index contributed by atoms with van der Waals surface area (Å²) in [6, 6.07) is 7.66. The van der Waals surface area contributed by atoms with Crippen molar-refractivity contribution in [3.05, 3.63) is 24.3 Å². The zero-order valence-electron chi connectivity index (χ0n) is 10.2. The molecule has 0 aliphatic heterocycles. The van der Waals surface area contributed by atoms with E-state index in [4.69, 9.17) is 4.74 Å². The van der Waals surface area contributed by atoms with Crippen LogP contribution in [0.1, 0.15) is 0 Å². The summed E-state index contributed by atoms with van der Waals surface area (Å²) in [7, 11) is 1.63. The van der Waals surface area contributed by atoms with Gasteiger partial charge >= 0.3 is 0 Å². The van der Waals surface area contributed by atoms with Crippen LogP contribution in [0.3, 0.4) is 0 Å². The molecule has 0 radical (unpaired) electrons. The molecule has 0 fully saturated rings. The topological polar surface area (TPSA) is 72.0 Å². The number of thiol groups is 2. The Hall–Kier alpha value is -1.51. The summed E-state index contributed by atoms with van der Waals surface area (Å²) in [5, 5.41) is 6.79. The molecule has 0 saturated heterocycles. The molecular weight excluding hydrogens is 282 g/mol. The first-order chi connectivity index (χ1) is 9.17. The number of nitrogens with zero attached hydrogens (tertiary/aromatic N) is 3. The fourth-order valence-corrected chi connectivity index (χ4v) is 1.86. The number of hydrogen-bond donors (Lipinski definition) is 4. The van der Waals surface area contributed by atoms with Crippen molar-refractivity contribution in [1.29, 1.82) is 0 Å². The first-order valence-electron chi connectivity index (χ1n) is 5.41. The normalized spacial score (nSPS) is 10.3. The highest BCUT2D eigenvalue weighted by Crippen LogP contribution is 2.18. The van der Waals surface area contributed by atoms with Crippen LogP contribution in [0.4, 0.5) is 17.3 Å². The minimum absolute atomic E-state index is 0.316. The molecule has 100 valence electrons. The SMILES string of the molecule is COCNc1cccc(Nc2nc(S)nc(S)n2)c1. The summed E-state index contributed by atoms with van der Waals surface area (Å²) in [6.07, 6.45) is 0. The van der Waals surface area contributed by atoms with Crippen molar-refractivity contribution in [2.45, 2.75) is 10.3 Å². The van der Waals surface area contributed by atoms with Gasteiger partial charge in [-0.25, -0.2) is 0 Å². The smallest absolute Gasteiger partial charge is 0.232 e. The predicted molar refractivity (Wildman–Crippen MR) is 79.6 cm³/mol. The van der Waals surface area contributed by atoms with E-state index in [0.29, 0.717) is 23.0 Å². The van der Waals surface area contributed by atoms with E-state index in [9.17, 15) is 0 Å². The molecule has 2 aromatic rings. The highest BCUT2D eigenvalue weighted by Gasteiger charge is 2.02. The molecule has 0 bridgehead atoms. The van der Waals surface area contributed by atoms with E-state index in [-0.39, 0.29) is 0 Å². The molecular formula is C11H13N5OS2. The molecule has 0 atom stereocenters. The lowest BCUT2D eigenvalue weighted by atomic mass is 10.3. The van der Waals surface area contributed by atoms with Crippen molar-refractivity contribution in [2.75, 3.05) is 24.5 Å². The molecule has 19 heavy (non-hydrogen) atoms. The lowest BCUT2D eigenvalue weighted by Crippen LogP contribution is -2.04. The average Bonchev–Trinajstić information content (AvgIpc) is 2.35. The summed E-state index contributed by atoms with van der Waals surface area (Å²) in [6.45, 7) is 0.441. The van der Waals surface area contributed by atoms with Gasteiger partial charge in [0.1, 0.15) is 6.73 Å². The zero-order valence-corrected chi connectivity index (χ0v) is 11.9. The van der Waals surface area contributed by atoms with E-state index in [0.717, 1.165) is 11.4 Å². The molecule has 0 saturated carbocycles. The van der Waals surface area contributed by atoms with E-state index in [1.165, 1.54) is 0 Å². The molecule has 1 aromatic carbocycles. The number of anilines is 3. The van der Waals surface area contributed by atoms with E-state index >= 15 is 0 Å². The van der Waals surface area contributed by atoms with Crippen LogP contribution in [-0.4, -0.2) is 28.8 Å². The largest absolute Gasteiger partial charge is 0.365 e. The van der Waals surface area contributed by atoms with Gasteiger partial charge < -0.3 is 15.4 Å². The Balaban J connectivity index is 2.13. The minimum Gasteiger partial charge on any atom is -0.365 e.